The predicted molar refractivity (Wildman–Crippen MR) is 77.9 cm³/mol. The van der Waals surface area contributed by atoms with Crippen LogP contribution in [-0.2, 0) is 0 Å². The molecule has 1 nitrogen and oxygen atoms in total. The number of ether oxygens (including phenoxy) is 1. The van der Waals surface area contributed by atoms with E-state index in [0.29, 0.717) is 11.8 Å². The average molecular weight is 320 g/mol. The van der Waals surface area contributed by atoms with Gasteiger partial charge in [0, 0.05) is 10.4 Å². The maximum absolute atomic E-state index is 5.99. The summed E-state index contributed by atoms with van der Waals surface area (Å²) in [6.45, 7) is 7.38. The normalized spacial score (nSPS) is 13.5. The second-order valence-corrected chi connectivity index (χ2v) is 6.53. The Morgan fingerprint density at radius 1 is 1.24 bits per heavy atom. The fourth-order valence-electron chi connectivity index (χ4n) is 1.59. The highest BCUT2D eigenvalue weighted by atomic mass is 79.9. The Hall–Kier alpha value is -0.210. The van der Waals surface area contributed by atoms with Crippen molar-refractivity contribution in [2.45, 2.75) is 27.2 Å². The number of rotatable bonds is 5. The van der Waals surface area contributed by atoms with Gasteiger partial charge in [-0.1, -0.05) is 36.7 Å². The SMILES string of the molecule is CC(C)(C)C(CCl)CCOc1ccc(Br)cc1. The van der Waals surface area contributed by atoms with Crippen LogP contribution >= 0.6 is 27.5 Å². The van der Waals surface area contributed by atoms with E-state index in [1.807, 2.05) is 24.3 Å². The number of hydrogen-bond donors (Lipinski definition) is 0. The van der Waals surface area contributed by atoms with Crippen LogP contribution in [0.3, 0.4) is 0 Å². The highest BCUT2D eigenvalue weighted by Crippen LogP contribution is 2.29. The van der Waals surface area contributed by atoms with Crippen molar-refractivity contribution in [1.29, 1.82) is 0 Å². The van der Waals surface area contributed by atoms with E-state index in [-0.39, 0.29) is 5.41 Å². The third-order valence-electron chi connectivity index (χ3n) is 2.96. The predicted octanol–water partition coefficient (Wildman–Crippen LogP) is 5.12. The number of halogens is 2. The Kier molecular flexibility index (Phi) is 5.81. The molecule has 0 aliphatic carbocycles. The van der Waals surface area contributed by atoms with Crippen LogP contribution in [0.15, 0.2) is 28.7 Å². The standard InChI is InChI=1S/C14H20BrClO/c1-14(2,3)11(10-16)8-9-17-13-6-4-12(15)5-7-13/h4-7,11H,8-10H2,1-3H3. The van der Waals surface area contributed by atoms with E-state index in [4.69, 9.17) is 16.3 Å². The zero-order chi connectivity index (χ0) is 12.9. The lowest BCUT2D eigenvalue weighted by atomic mass is 9.80. The second-order valence-electron chi connectivity index (χ2n) is 5.31. The third-order valence-corrected chi connectivity index (χ3v) is 3.86. The van der Waals surface area contributed by atoms with Crippen molar-refractivity contribution < 1.29 is 4.74 Å². The van der Waals surface area contributed by atoms with Crippen LogP contribution in [0, 0.1) is 11.3 Å². The summed E-state index contributed by atoms with van der Waals surface area (Å²) in [6.07, 6.45) is 0.989. The largest absolute Gasteiger partial charge is 0.494 e. The Bertz CT molecular complexity index is 329. The molecule has 1 rings (SSSR count). The molecule has 17 heavy (non-hydrogen) atoms. The second kappa shape index (κ2) is 6.65. The molecule has 0 N–H and O–H groups in total. The summed E-state index contributed by atoms with van der Waals surface area (Å²) in [7, 11) is 0. The Balaban J connectivity index is 2.39. The average Bonchev–Trinajstić information content (AvgIpc) is 2.25. The minimum Gasteiger partial charge on any atom is -0.494 e. The van der Waals surface area contributed by atoms with Gasteiger partial charge >= 0.3 is 0 Å². The van der Waals surface area contributed by atoms with Crippen molar-refractivity contribution in [3.05, 3.63) is 28.7 Å². The molecule has 0 aromatic heterocycles. The van der Waals surface area contributed by atoms with Crippen molar-refractivity contribution in [1.82, 2.24) is 0 Å². The molecular formula is C14H20BrClO. The smallest absolute Gasteiger partial charge is 0.119 e. The zero-order valence-corrected chi connectivity index (χ0v) is 13.0. The number of hydrogen-bond acceptors (Lipinski definition) is 1. The lowest BCUT2D eigenvalue weighted by Gasteiger charge is -2.28. The molecule has 1 unspecified atom stereocenters. The molecule has 1 atom stereocenters. The van der Waals surface area contributed by atoms with Gasteiger partial charge in [0.05, 0.1) is 6.61 Å². The molecule has 0 amide bonds. The van der Waals surface area contributed by atoms with E-state index < -0.39 is 0 Å². The van der Waals surface area contributed by atoms with Gasteiger partial charge in [-0.25, -0.2) is 0 Å². The van der Waals surface area contributed by atoms with Crippen molar-refractivity contribution in [2.75, 3.05) is 12.5 Å². The Labute approximate surface area is 118 Å². The third kappa shape index (κ3) is 5.31. The fraction of sp³-hybridized carbons (Fsp3) is 0.571. The summed E-state index contributed by atoms with van der Waals surface area (Å²) in [5.74, 6) is 2.09. The Morgan fingerprint density at radius 3 is 2.29 bits per heavy atom. The molecule has 0 aliphatic heterocycles. The van der Waals surface area contributed by atoms with Gasteiger partial charge in [0.15, 0.2) is 0 Å². The lowest BCUT2D eigenvalue weighted by Crippen LogP contribution is -2.24. The molecule has 1 aromatic rings. The quantitative estimate of drug-likeness (QED) is 0.684. The van der Waals surface area contributed by atoms with Crippen molar-refractivity contribution in [2.24, 2.45) is 11.3 Å². The molecule has 0 bridgehead atoms. The molecule has 0 fully saturated rings. The summed E-state index contributed by atoms with van der Waals surface area (Å²) in [4.78, 5) is 0. The maximum Gasteiger partial charge on any atom is 0.119 e. The highest BCUT2D eigenvalue weighted by Gasteiger charge is 2.23. The lowest BCUT2D eigenvalue weighted by molar-refractivity contribution is 0.201. The van der Waals surface area contributed by atoms with E-state index in [0.717, 1.165) is 23.2 Å². The van der Waals surface area contributed by atoms with Gasteiger partial charge < -0.3 is 4.74 Å². The van der Waals surface area contributed by atoms with Crippen LogP contribution in [0.1, 0.15) is 27.2 Å². The van der Waals surface area contributed by atoms with Crippen LogP contribution in [0.2, 0.25) is 0 Å². The molecule has 0 aliphatic rings. The van der Waals surface area contributed by atoms with Gasteiger partial charge in [0.1, 0.15) is 5.75 Å². The first-order chi connectivity index (χ1) is 7.93. The fourth-order valence-corrected chi connectivity index (χ4v) is 2.47. The summed E-state index contributed by atoms with van der Waals surface area (Å²) in [5, 5.41) is 0. The highest BCUT2D eigenvalue weighted by molar-refractivity contribution is 9.10. The van der Waals surface area contributed by atoms with Gasteiger partial charge in [-0.05, 0) is 42.0 Å². The van der Waals surface area contributed by atoms with Gasteiger partial charge in [0.25, 0.3) is 0 Å². The molecular weight excluding hydrogens is 300 g/mol. The minimum absolute atomic E-state index is 0.241. The number of benzene rings is 1. The van der Waals surface area contributed by atoms with Gasteiger partial charge in [-0.3, -0.25) is 0 Å². The molecule has 1 aromatic carbocycles. The van der Waals surface area contributed by atoms with Crippen molar-refractivity contribution in [3.8, 4) is 5.75 Å². The van der Waals surface area contributed by atoms with E-state index >= 15 is 0 Å². The first-order valence-corrected chi connectivity index (χ1v) is 7.20. The van der Waals surface area contributed by atoms with E-state index in [9.17, 15) is 0 Å². The topological polar surface area (TPSA) is 9.23 Å². The van der Waals surface area contributed by atoms with E-state index in [1.165, 1.54) is 0 Å². The van der Waals surface area contributed by atoms with Crippen LogP contribution in [0.25, 0.3) is 0 Å². The van der Waals surface area contributed by atoms with Crippen LogP contribution in [0.5, 0.6) is 5.75 Å². The van der Waals surface area contributed by atoms with Crippen molar-refractivity contribution >= 4 is 27.5 Å². The van der Waals surface area contributed by atoms with E-state index in [1.54, 1.807) is 0 Å². The van der Waals surface area contributed by atoms with Crippen LogP contribution < -0.4 is 4.74 Å². The summed E-state index contributed by atoms with van der Waals surface area (Å²) >= 11 is 9.39. The summed E-state index contributed by atoms with van der Waals surface area (Å²) in [5.41, 5.74) is 0.241. The minimum atomic E-state index is 0.241. The number of alkyl halides is 1. The van der Waals surface area contributed by atoms with Crippen LogP contribution in [-0.4, -0.2) is 12.5 Å². The maximum atomic E-state index is 5.99. The van der Waals surface area contributed by atoms with Crippen molar-refractivity contribution in [3.63, 3.8) is 0 Å². The van der Waals surface area contributed by atoms with Gasteiger partial charge in [-0.15, -0.1) is 11.6 Å². The molecule has 96 valence electrons. The first kappa shape index (κ1) is 14.8. The zero-order valence-electron chi connectivity index (χ0n) is 10.7. The van der Waals surface area contributed by atoms with Crippen LogP contribution in [0.4, 0.5) is 0 Å². The molecule has 0 spiro atoms. The van der Waals surface area contributed by atoms with Gasteiger partial charge in [-0.2, -0.15) is 0 Å². The molecule has 0 saturated carbocycles. The van der Waals surface area contributed by atoms with Gasteiger partial charge in [0.2, 0.25) is 0 Å². The Morgan fingerprint density at radius 2 is 1.82 bits per heavy atom. The molecule has 3 heteroatoms. The van der Waals surface area contributed by atoms with E-state index in [2.05, 4.69) is 36.7 Å². The molecule has 0 radical (unpaired) electrons. The monoisotopic (exact) mass is 318 g/mol. The molecule has 0 heterocycles. The summed E-state index contributed by atoms with van der Waals surface area (Å²) in [6, 6.07) is 7.91. The first-order valence-electron chi connectivity index (χ1n) is 5.88. The molecule has 0 saturated heterocycles. The summed E-state index contributed by atoms with van der Waals surface area (Å²) < 4.78 is 6.78.